The van der Waals surface area contributed by atoms with Gasteiger partial charge in [0, 0.05) is 12.7 Å². The van der Waals surface area contributed by atoms with Gasteiger partial charge in [0.2, 0.25) is 5.88 Å². The Kier molecular flexibility index (Phi) is 3.52. The SMILES string of the molecule is CC(Oc1nn(CC2CC2)cc1Br)[C@@H](C)F. The van der Waals surface area contributed by atoms with E-state index in [9.17, 15) is 4.39 Å². The highest BCUT2D eigenvalue weighted by Crippen LogP contribution is 2.32. The van der Waals surface area contributed by atoms with Gasteiger partial charge in [-0.2, -0.15) is 0 Å². The Morgan fingerprint density at radius 2 is 2.31 bits per heavy atom. The van der Waals surface area contributed by atoms with Crippen LogP contribution in [-0.4, -0.2) is 22.1 Å². The Hall–Kier alpha value is -0.580. The maximum atomic E-state index is 13.0. The second-order valence-corrected chi connectivity index (χ2v) is 5.30. The van der Waals surface area contributed by atoms with Gasteiger partial charge in [0.15, 0.2) is 0 Å². The number of hydrogen-bond donors (Lipinski definition) is 0. The number of hydrogen-bond acceptors (Lipinski definition) is 2. The van der Waals surface area contributed by atoms with Crippen molar-refractivity contribution in [3.05, 3.63) is 10.7 Å². The van der Waals surface area contributed by atoms with E-state index in [1.165, 1.54) is 19.8 Å². The summed E-state index contributed by atoms with van der Waals surface area (Å²) in [6, 6.07) is 0. The van der Waals surface area contributed by atoms with Gasteiger partial charge in [-0.15, -0.1) is 5.10 Å². The highest BCUT2D eigenvalue weighted by atomic mass is 79.9. The molecule has 2 atom stereocenters. The Morgan fingerprint density at radius 3 is 2.88 bits per heavy atom. The van der Waals surface area contributed by atoms with Gasteiger partial charge in [-0.3, -0.25) is 4.68 Å². The lowest BCUT2D eigenvalue weighted by molar-refractivity contribution is 0.119. The third-order valence-corrected chi connectivity index (χ3v) is 3.32. The molecule has 2 rings (SSSR count). The molecule has 0 aromatic carbocycles. The van der Waals surface area contributed by atoms with Crippen LogP contribution < -0.4 is 4.74 Å². The lowest BCUT2D eigenvalue weighted by Crippen LogP contribution is -2.22. The van der Waals surface area contributed by atoms with Crippen LogP contribution in [0, 0.1) is 5.92 Å². The smallest absolute Gasteiger partial charge is 0.247 e. The molecule has 0 spiro atoms. The van der Waals surface area contributed by atoms with Gasteiger partial charge in [-0.05, 0) is 48.5 Å². The molecule has 0 N–H and O–H groups in total. The maximum Gasteiger partial charge on any atom is 0.247 e. The molecule has 5 heteroatoms. The topological polar surface area (TPSA) is 27.1 Å². The minimum atomic E-state index is -1.000. The molecule has 3 nitrogen and oxygen atoms in total. The number of halogens is 2. The third-order valence-electron chi connectivity index (χ3n) is 2.77. The van der Waals surface area contributed by atoms with E-state index >= 15 is 0 Å². The summed E-state index contributed by atoms with van der Waals surface area (Å²) in [6.45, 7) is 4.12. The molecule has 1 heterocycles. The van der Waals surface area contributed by atoms with Gasteiger partial charge in [0.25, 0.3) is 0 Å². The first kappa shape index (κ1) is 11.9. The molecule has 0 saturated heterocycles. The van der Waals surface area contributed by atoms with Crippen LogP contribution in [0.25, 0.3) is 0 Å². The Balaban J connectivity index is 1.99. The summed E-state index contributed by atoms with van der Waals surface area (Å²) in [6.07, 6.45) is 2.99. The van der Waals surface area contributed by atoms with Crippen LogP contribution in [0.15, 0.2) is 10.7 Å². The van der Waals surface area contributed by atoms with E-state index in [2.05, 4.69) is 21.0 Å². The Morgan fingerprint density at radius 1 is 1.62 bits per heavy atom. The van der Waals surface area contributed by atoms with Gasteiger partial charge < -0.3 is 4.74 Å². The minimum absolute atomic E-state index is 0.472. The normalized spacial score (nSPS) is 19.5. The fraction of sp³-hybridized carbons (Fsp3) is 0.727. The maximum absolute atomic E-state index is 13.0. The average Bonchev–Trinajstić information content (AvgIpc) is 2.93. The second-order valence-electron chi connectivity index (χ2n) is 4.45. The number of rotatable bonds is 5. The molecule has 1 saturated carbocycles. The van der Waals surface area contributed by atoms with Gasteiger partial charge in [0.1, 0.15) is 12.3 Å². The fourth-order valence-corrected chi connectivity index (χ4v) is 1.80. The van der Waals surface area contributed by atoms with Crippen molar-refractivity contribution in [1.82, 2.24) is 9.78 Å². The monoisotopic (exact) mass is 290 g/mol. The summed E-state index contributed by atoms with van der Waals surface area (Å²) in [5.41, 5.74) is 0. The quantitative estimate of drug-likeness (QED) is 0.833. The van der Waals surface area contributed by atoms with Crippen LogP contribution in [0.3, 0.4) is 0 Å². The molecule has 1 aromatic heterocycles. The summed E-state index contributed by atoms with van der Waals surface area (Å²) < 4.78 is 21.1. The summed E-state index contributed by atoms with van der Waals surface area (Å²) in [5.74, 6) is 1.25. The average molecular weight is 291 g/mol. The largest absolute Gasteiger partial charge is 0.470 e. The van der Waals surface area contributed by atoms with E-state index in [-0.39, 0.29) is 0 Å². The van der Waals surface area contributed by atoms with E-state index in [0.29, 0.717) is 5.88 Å². The van der Waals surface area contributed by atoms with Crippen LogP contribution in [0.2, 0.25) is 0 Å². The summed E-state index contributed by atoms with van der Waals surface area (Å²) >= 11 is 3.37. The lowest BCUT2D eigenvalue weighted by atomic mass is 10.3. The second kappa shape index (κ2) is 4.73. The Bertz CT molecular complexity index is 363. The van der Waals surface area contributed by atoms with E-state index in [4.69, 9.17) is 4.74 Å². The first-order valence-electron chi connectivity index (χ1n) is 5.60. The van der Waals surface area contributed by atoms with Crippen molar-refractivity contribution in [3.63, 3.8) is 0 Å². The van der Waals surface area contributed by atoms with Crippen LogP contribution in [0.1, 0.15) is 26.7 Å². The van der Waals surface area contributed by atoms with Crippen molar-refractivity contribution in [3.8, 4) is 5.88 Å². The van der Waals surface area contributed by atoms with Gasteiger partial charge in [-0.25, -0.2) is 4.39 Å². The van der Waals surface area contributed by atoms with E-state index in [1.807, 2.05) is 10.9 Å². The van der Waals surface area contributed by atoms with Crippen molar-refractivity contribution >= 4 is 15.9 Å². The minimum Gasteiger partial charge on any atom is -0.470 e. The van der Waals surface area contributed by atoms with Crippen LogP contribution >= 0.6 is 15.9 Å². The zero-order valence-electron chi connectivity index (χ0n) is 9.49. The standard InChI is InChI=1S/C11H16BrFN2O/c1-7(13)8(2)16-11-10(12)6-15(14-11)5-9-3-4-9/h6-9H,3-5H2,1-2H3/t7-,8?/m1/s1. The van der Waals surface area contributed by atoms with Crippen LogP contribution in [0.4, 0.5) is 4.39 Å². The van der Waals surface area contributed by atoms with E-state index in [0.717, 1.165) is 16.9 Å². The molecule has 1 aromatic rings. The first-order valence-corrected chi connectivity index (χ1v) is 6.39. The molecule has 16 heavy (non-hydrogen) atoms. The summed E-state index contributed by atoms with van der Waals surface area (Å²) in [5, 5.41) is 4.29. The fourth-order valence-electron chi connectivity index (χ4n) is 1.39. The third kappa shape index (κ3) is 2.97. The Labute approximate surface area is 103 Å². The zero-order valence-corrected chi connectivity index (χ0v) is 11.1. The van der Waals surface area contributed by atoms with Crippen molar-refractivity contribution in [2.75, 3.05) is 0 Å². The lowest BCUT2D eigenvalue weighted by Gasteiger charge is -2.13. The van der Waals surface area contributed by atoms with E-state index < -0.39 is 12.3 Å². The van der Waals surface area contributed by atoms with Crippen LogP contribution in [-0.2, 0) is 6.54 Å². The van der Waals surface area contributed by atoms with Gasteiger partial charge in [0.05, 0.1) is 4.47 Å². The van der Waals surface area contributed by atoms with Gasteiger partial charge >= 0.3 is 0 Å². The highest BCUT2D eigenvalue weighted by Gasteiger charge is 2.23. The molecule has 1 fully saturated rings. The number of ether oxygens (including phenoxy) is 1. The zero-order chi connectivity index (χ0) is 11.7. The summed E-state index contributed by atoms with van der Waals surface area (Å²) in [7, 11) is 0. The van der Waals surface area contributed by atoms with Crippen molar-refractivity contribution in [2.45, 2.75) is 45.5 Å². The van der Waals surface area contributed by atoms with Crippen molar-refractivity contribution in [1.29, 1.82) is 0 Å². The van der Waals surface area contributed by atoms with Crippen molar-refractivity contribution in [2.24, 2.45) is 5.92 Å². The molecule has 0 radical (unpaired) electrons. The van der Waals surface area contributed by atoms with Crippen molar-refractivity contribution < 1.29 is 9.13 Å². The molecule has 0 bridgehead atoms. The molecular weight excluding hydrogens is 275 g/mol. The number of alkyl halides is 1. The van der Waals surface area contributed by atoms with Gasteiger partial charge in [-0.1, -0.05) is 0 Å². The predicted molar refractivity (Wildman–Crippen MR) is 63.3 cm³/mol. The highest BCUT2D eigenvalue weighted by molar-refractivity contribution is 9.10. The van der Waals surface area contributed by atoms with E-state index in [1.54, 1.807) is 6.92 Å². The molecule has 0 amide bonds. The molecule has 1 aliphatic rings. The molecule has 1 aliphatic carbocycles. The molecule has 0 aliphatic heterocycles. The van der Waals surface area contributed by atoms with Crippen LogP contribution in [0.5, 0.6) is 5.88 Å². The molecule has 1 unspecified atom stereocenters. The first-order chi connectivity index (χ1) is 7.56. The summed E-state index contributed by atoms with van der Waals surface area (Å²) in [4.78, 5) is 0. The molecule has 90 valence electrons. The number of nitrogens with zero attached hydrogens (tertiary/aromatic N) is 2. The molecular formula is C11H16BrFN2O. The predicted octanol–water partition coefficient (Wildman–Crippen LogP) is 3.18. The number of aromatic nitrogens is 2.